The summed E-state index contributed by atoms with van der Waals surface area (Å²) in [7, 11) is 0. The van der Waals surface area contributed by atoms with Crippen molar-refractivity contribution in [2.45, 2.75) is 25.3 Å². The van der Waals surface area contributed by atoms with Crippen molar-refractivity contribution < 1.29 is 13.6 Å². The largest absolute Gasteiger partial charge is 0.310 e. The summed E-state index contributed by atoms with van der Waals surface area (Å²) >= 11 is 0. The van der Waals surface area contributed by atoms with E-state index in [2.05, 4.69) is 9.97 Å². The van der Waals surface area contributed by atoms with Gasteiger partial charge in [-0.05, 0) is 30.2 Å². The summed E-state index contributed by atoms with van der Waals surface area (Å²) in [5.74, 6) is -3.11. The minimum absolute atomic E-state index is 0.221. The molecular weight excluding hydrogens is 338 g/mol. The van der Waals surface area contributed by atoms with Crippen LogP contribution in [-0.2, 0) is 11.3 Å². The lowest BCUT2D eigenvalue weighted by atomic mass is 9.77. The number of amides is 1. The number of hydrogen-bond donors (Lipinski definition) is 0. The molecule has 0 N–H and O–H groups in total. The summed E-state index contributed by atoms with van der Waals surface area (Å²) in [6, 6.07) is 7.19. The fraction of sp³-hybridized carbons (Fsp3) is 0.421. The van der Waals surface area contributed by atoms with Crippen molar-refractivity contribution in [3.63, 3.8) is 0 Å². The normalized spacial score (nSPS) is 25.8. The summed E-state index contributed by atoms with van der Waals surface area (Å²) in [6.07, 6.45) is 6.61. The number of nitrogens with zero attached hydrogens (tertiary/aromatic N) is 4. The predicted molar refractivity (Wildman–Crippen MR) is 92.7 cm³/mol. The molecule has 4 heterocycles. The van der Waals surface area contributed by atoms with Crippen molar-refractivity contribution >= 4 is 11.6 Å². The Labute approximate surface area is 150 Å². The fourth-order valence-corrected chi connectivity index (χ4v) is 4.17. The van der Waals surface area contributed by atoms with Crippen LogP contribution in [0.3, 0.4) is 0 Å². The zero-order valence-electron chi connectivity index (χ0n) is 14.3. The van der Waals surface area contributed by atoms with Gasteiger partial charge >= 0.3 is 0 Å². The Hall–Kier alpha value is -2.41. The number of aromatic nitrogens is 2. The number of piperidine rings is 1. The van der Waals surface area contributed by atoms with Crippen LogP contribution in [0.1, 0.15) is 18.4 Å². The maximum absolute atomic E-state index is 14.5. The quantitative estimate of drug-likeness (QED) is 0.847. The Morgan fingerprint density at radius 1 is 1.08 bits per heavy atom. The molecule has 0 aromatic carbocycles. The van der Waals surface area contributed by atoms with Crippen molar-refractivity contribution in [3.05, 3.63) is 54.6 Å². The highest BCUT2D eigenvalue weighted by molar-refractivity contribution is 6.00. The highest BCUT2D eigenvalue weighted by Crippen LogP contribution is 2.46. The van der Waals surface area contributed by atoms with Gasteiger partial charge in [0.2, 0.25) is 5.91 Å². The molecule has 0 aliphatic carbocycles. The van der Waals surface area contributed by atoms with Crippen LogP contribution >= 0.6 is 0 Å². The molecular formula is C19H20F2N4O. The molecule has 1 atom stereocenters. The number of carbonyl (C=O) groups is 1. The average Bonchev–Trinajstić information content (AvgIpc) is 2.91. The van der Waals surface area contributed by atoms with E-state index in [1.54, 1.807) is 52.8 Å². The first-order chi connectivity index (χ1) is 12.5. The van der Waals surface area contributed by atoms with Gasteiger partial charge < -0.3 is 4.90 Å². The number of hydrogen-bond acceptors (Lipinski definition) is 4. The number of carbonyl (C=O) groups excluding carboxylic acids is 1. The topological polar surface area (TPSA) is 49.3 Å². The third-order valence-electron chi connectivity index (χ3n) is 5.18. The Morgan fingerprint density at radius 3 is 2.54 bits per heavy atom. The molecule has 7 heteroatoms. The molecule has 0 saturated carbocycles. The Balaban J connectivity index is 1.58. The van der Waals surface area contributed by atoms with Crippen LogP contribution in [0.4, 0.5) is 14.5 Å². The van der Waals surface area contributed by atoms with E-state index in [1.807, 2.05) is 6.07 Å². The highest BCUT2D eigenvalue weighted by Gasteiger charge is 2.56. The third kappa shape index (κ3) is 3.19. The van der Waals surface area contributed by atoms with Gasteiger partial charge in [-0.1, -0.05) is 6.07 Å². The van der Waals surface area contributed by atoms with Gasteiger partial charge in [-0.2, -0.15) is 0 Å². The van der Waals surface area contributed by atoms with Crippen LogP contribution in [-0.4, -0.2) is 46.3 Å². The van der Waals surface area contributed by atoms with Gasteiger partial charge in [-0.25, -0.2) is 8.78 Å². The van der Waals surface area contributed by atoms with E-state index in [1.165, 1.54) is 0 Å². The van der Waals surface area contributed by atoms with Gasteiger partial charge in [-0.15, -0.1) is 0 Å². The molecule has 0 radical (unpaired) electrons. The van der Waals surface area contributed by atoms with Crippen molar-refractivity contribution in [2.24, 2.45) is 5.41 Å². The van der Waals surface area contributed by atoms with E-state index in [0.29, 0.717) is 31.7 Å². The Morgan fingerprint density at radius 2 is 1.85 bits per heavy atom. The number of alkyl halides is 2. The van der Waals surface area contributed by atoms with Crippen molar-refractivity contribution in [1.82, 2.24) is 14.9 Å². The molecule has 5 nitrogen and oxygen atoms in total. The molecule has 4 rings (SSSR count). The molecule has 1 amide bonds. The SMILES string of the molecule is O=C1N(c2cccnc2)CC[C@@]12CN(Cc1cccnc1)CC(F)(F)C2. The second-order valence-electron chi connectivity index (χ2n) is 7.24. The van der Waals surface area contributed by atoms with E-state index in [0.717, 1.165) is 5.56 Å². The summed E-state index contributed by atoms with van der Waals surface area (Å²) in [5.41, 5.74) is 0.497. The fourth-order valence-electron chi connectivity index (χ4n) is 4.17. The number of rotatable bonds is 3. The first-order valence-electron chi connectivity index (χ1n) is 8.69. The van der Waals surface area contributed by atoms with Gasteiger partial charge in [0, 0.05) is 44.6 Å². The Bertz CT molecular complexity index is 787. The molecule has 0 unspecified atom stereocenters. The highest BCUT2D eigenvalue weighted by atomic mass is 19.3. The molecule has 2 aromatic heterocycles. The summed E-state index contributed by atoms with van der Waals surface area (Å²) in [4.78, 5) is 24.5. The first-order valence-corrected chi connectivity index (χ1v) is 8.69. The monoisotopic (exact) mass is 358 g/mol. The van der Waals surface area contributed by atoms with Crippen LogP contribution in [0.15, 0.2) is 49.1 Å². The van der Waals surface area contributed by atoms with E-state index in [-0.39, 0.29) is 18.9 Å². The molecule has 1 spiro atoms. The number of anilines is 1. The van der Waals surface area contributed by atoms with Crippen LogP contribution in [0.5, 0.6) is 0 Å². The van der Waals surface area contributed by atoms with E-state index >= 15 is 0 Å². The minimum Gasteiger partial charge on any atom is -0.310 e. The van der Waals surface area contributed by atoms with Gasteiger partial charge in [0.25, 0.3) is 5.92 Å². The third-order valence-corrected chi connectivity index (χ3v) is 5.18. The molecule has 2 saturated heterocycles. The predicted octanol–water partition coefficient (Wildman–Crippen LogP) is 2.74. The van der Waals surface area contributed by atoms with Gasteiger partial charge in [-0.3, -0.25) is 19.7 Å². The lowest BCUT2D eigenvalue weighted by molar-refractivity contribution is -0.147. The molecule has 0 bridgehead atoms. The van der Waals surface area contributed by atoms with E-state index in [9.17, 15) is 13.6 Å². The van der Waals surface area contributed by atoms with Crippen molar-refractivity contribution in [1.29, 1.82) is 0 Å². The van der Waals surface area contributed by atoms with Crippen LogP contribution < -0.4 is 4.90 Å². The van der Waals surface area contributed by atoms with Crippen LogP contribution in [0.25, 0.3) is 0 Å². The van der Waals surface area contributed by atoms with Crippen LogP contribution in [0.2, 0.25) is 0 Å². The Kier molecular flexibility index (Phi) is 4.19. The molecule has 2 aliphatic rings. The van der Waals surface area contributed by atoms with Crippen LogP contribution in [0, 0.1) is 5.41 Å². The van der Waals surface area contributed by atoms with Gasteiger partial charge in [0.1, 0.15) is 0 Å². The van der Waals surface area contributed by atoms with Gasteiger partial charge in [0.05, 0.1) is 23.8 Å². The molecule has 2 aliphatic heterocycles. The molecule has 2 fully saturated rings. The van der Waals surface area contributed by atoms with E-state index in [4.69, 9.17) is 0 Å². The molecule has 136 valence electrons. The van der Waals surface area contributed by atoms with E-state index < -0.39 is 11.3 Å². The average molecular weight is 358 g/mol. The number of halogens is 2. The maximum Gasteiger partial charge on any atom is 0.261 e. The number of pyridine rings is 2. The lowest BCUT2D eigenvalue weighted by Crippen LogP contribution is -2.55. The zero-order valence-corrected chi connectivity index (χ0v) is 14.3. The zero-order chi connectivity index (χ0) is 18.2. The molecule has 26 heavy (non-hydrogen) atoms. The second kappa shape index (κ2) is 6.39. The second-order valence-corrected chi connectivity index (χ2v) is 7.24. The van der Waals surface area contributed by atoms with Gasteiger partial charge in [0.15, 0.2) is 0 Å². The standard InChI is InChI=1S/C19H20F2N4O/c20-19(21)12-18(13-24(14-19)11-15-3-1-6-22-9-15)5-8-25(17(18)26)16-4-2-7-23-10-16/h1-4,6-7,9-10H,5,8,11-14H2/t18-/m1/s1. The van der Waals surface area contributed by atoms with Crippen molar-refractivity contribution in [2.75, 3.05) is 24.5 Å². The first kappa shape index (κ1) is 17.0. The maximum atomic E-state index is 14.5. The smallest absolute Gasteiger partial charge is 0.261 e. The number of likely N-dealkylation sites (tertiary alicyclic amines) is 1. The minimum atomic E-state index is -2.89. The summed E-state index contributed by atoms with van der Waals surface area (Å²) in [6.45, 7) is 0.823. The molecule has 2 aromatic rings. The lowest BCUT2D eigenvalue weighted by Gasteiger charge is -2.42. The summed E-state index contributed by atoms with van der Waals surface area (Å²) in [5, 5.41) is 0. The summed E-state index contributed by atoms with van der Waals surface area (Å²) < 4.78 is 29.0. The van der Waals surface area contributed by atoms with Crippen molar-refractivity contribution in [3.8, 4) is 0 Å².